The summed E-state index contributed by atoms with van der Waals surface area (Å²) in [5.41, 5.74) is 3.35. The largest absolute Gasteiger partial charge is 0.384 e. The molecule has 4 nitrogen and oxygen atoms in total. The molecular formula is C14H27N3O. The van der Waals surface area contributed by atoms with Gasteiger partial charge in [0.05, 0.1) is 13.2 Å². The van der Waals surface area contributed by atoms with Gasteiger partial charge >= 0.3 is 0 Å². The number of aryl methyl sites for hydroxylation is 2. The number of methoxy groups -OCH3 is 1. The second kappa shape index (κ2) is 9.00. The lowest BCUT2D eigenvalue weighted by Crippen LogP contribution is -2.16. The summed E-state index contributed by atoms with van der Waals surface area (Å²) in [4.78, 5) is 11.1. The molecule has 104 valence electrons. The van der Waals surface area contributed by atoms with Crippen molar-refractivity contribution < 1.29 is 4.74 Å². The van der Waals surface area contributed by atoms with Crippen molar-refractivity contribution in [3.63, 3.8) is 0 Å². The van der Waals surface area contributed by atoms with Crippen LogP contribution >= 0.6 is 0 Å². The van der Waals surface area contributed by atoms with Crippen LogP contribution in [0, 0.1) is 13.8 Å². The monoisotopic (exact) mass is 253 g/mol. The van der Waals surface area contributed by atoms with Crippen molar-refractivity contribution in [2.24, 2.45) is 0 Å². The highest BCUT2D eigenvalue weighted by Gasteiger charge is 2.08. The molecule has 0 saturated heterocycles. The third kappa shape index (κ3) is 5.56. The number of ether oxygens (including phenoxy) is 1. The summed E-state index contributed by atoms with van der Waals surface area (Å²) in [5, 5.41) is 0. The highest BCUT2D eigenvalue weighted by molar-refractivity contribution is 5.24. The summed E-state index contributed by atoms with van der Waals surface area (Å²) in [6.07, 6.45) is 0.885. The van der Waals surface area contributed by atoms with Crippen LogP contribution in [0.25, 0.3) is 0 Å². The van der Waals surface area contributed by atoms with E-state index >= 15 is 0 Å². The molecule has 0 aliphatic rings. The Bertz CT molecular complexity index is 328. The molecule has 0 bridgehead atoms. The fourth-order valence-corrected chi connectivity index (χ4v) is 1.73. The van der Waals surface area contributed by atoms with Crippen LogP contribution in [0.4, 0.5) is 0 Å². The van der Waals surface area contributed by atoms with Gasteiger partial charge in [-0.15, -0.1) is 0 Å². The highest BCUT2D eigenvalue weighted by atomic mass is 16.5. The highest BCUT2D eigenvalue weighted by Crippen LogP contribution is 2.11. The van der Waals surface area contributed by atoms with Crippen LogP contribution in [0.15, 0.2) is 0 Å². The van der Waals surface area contributed by atoms with E-state index in [0.29, 0.717) is 0 Å². The maximum absolute atomic E-state index is 5.09. The maximum Gasteiger partial charge on any atom is 0.142 e. The zero-order chi connectivity index (χ0) is 14.1. The molecule has 18 heavy (non-hydrogen) atoms. The van der Waals surface area contributed by atoms with Gasteiger partial charge in [-0.25, -0.2) is 9.97 Å². The van der Waals surface area contributed by atoms with E-state index in [9.17, 15) is 0 Å². The van der Waals surface area contributed by atoms with Crippen LogP contribution in [-0.4, -0.2) is 42.7 Å². The summed E-state index contributed by atoms with van der Waals surface area (Å²) in [7, 11) is 5.76. The predicted molar refractivity (Wildman–Crippen MR) is 75.8 cm³/mol. The smallest absolute Gasteiger partial charge is 0.142 e. The zero-order valence-electron chi connectivity index (χ0n) is 12.9. The number of rotatable bonds is 5. The van der Waals surface area contributed by atoms with E-state index < -0.39 is 0 Å². The van der Waals surface area contributed by atoms with Crippen molar-refractivity contribution in [2.45, 2.75) is 40.7 Å². The molecule has 0 aliphatic heterocycles. The van der Waals surface area contributed by atoms with Crippen molar-refractivity contribution >= 4 is 0 Å². The Morgan fingerprint density at radius 1 is 1.06 bits per heavy atom. The Labute approximate surface area is 111 Å². The third-order valence-electron chi connectivity index (χ3n) is 2.48. The minimum absolute atomic E-state index is 0.720. The summed E-state index contributed by atoms with van der Waals surface area (Å²) in [5.74, 6) is 0.890. The summed E-state index contributed by atoms with van der Waals surface area (Å²) < 4.78 is 5.09. The Hall–Kier alpha value is -1.00. The molecule has 1 rings (SSSR count). The van der Waals surface area contributed by atoms with Gasteiger partial charge in [-0.05, 0) is 39.9 Å². The molecule has 0 spiro atoms. The van der Waals surface area contributed by atoms with Gasteiger partial charge in [0, 0.05) is 18.5 Å². The SMILES string of the molecule is CC.COCCc1c(C)nc(CN(C)C)nc1C. The predicted octanol–water partition coefficient (Wildman–Crippen LogP) is 2.37. The molecule has 1 aromatic heterocycles. The minimum atomic E-state index is 0.720. The fraction of sp³-hybridized carbons (Fsp3) is 0.714. The van der Waals surface area contributed by atoms with E-state index in [2.05, 4.69) is 14.9 Å². The van der Waals surface area contributed by atoms with Crippen LogP contribution < -0.4 is 0 Å². The molecule has 4 heteroatoms. The van der Waals surface area contributed by atoms with Gasteiger partial charge in [0.25, 0.3) is 0 Å². The number of hydrogen-bond donors (Lipinski definition) is 0. The van der Waals surface area contributed by atoms with Gasteiger partial charge in [-0.1, -0.05) is 13.8 Å². The average molecular weight is 253 g/mol. The second-order valence-corrected chi connectivity index (χ2v) is 4.27. The van der Waals surface area contributed by atoms with E-state index in [-0.39, 0.29) is 0 Å². The molecule has 0 fully saturated rings. The van der Waals surface area contributed by atoms with Crippen molar-refractivity contribution in [3.8, 4) is 0 Å². The van der Waals surface area contributed by atoms with Crippen LogP contribution in [0.5, 0.6) is 0 Å². The Morgan fingerprint density at radius 3 is 1.94 bits per heavy atom. The van der Waals surface area contributed by atoms with Crippen LogP contribution in [0.3, 0.4) is 0 Å². The van der Waals surface area contributed by atoms with Gasteiger partial charge in [0.2, 0.25) is 0 Å². The summed E-state index contributed by atoms with van der Waals surface area (Å²) >= 11 is 0. The van der Waals surface area contributed by atoms with Gasteiger partial charge in [0.1, 0.15) is 5.82 Å². The van der Waals surface area contributed by atoms with E-state index in [1.807, 2.05) is 41.8 Å². The van der Waals surface area contributed by atoms with Crippen LogP contribution in [-0.2, 0) is 17.7 Å². The Balaban J connectivity index is 0.00000137. The minimum Gasteiger partial charge on any atom is -0.384 e. The molecule has 0 saturated carbocycles. The maximum atomic E-state index is 5.09. The van der Waals surface area contributed by atoms with E-state index in [0.717, 1.165) is 36.8 Å². The molecule has 0 aliphatic carbocycles. The number of nitrogens with zero attached hydrogens (tertiary/aromatic N) is 3. The van der Waals surface area contributed by atoms with Gasteiger partial charge in [0.15, 0.2) is 0 Å². The number of hydrogen-bond acceptors (Lipinski definition) is 4. The molecule has 0 unspecified atom stereocenters. The standard InChI is InChI=1S/C12H21N3O.C2H6/c1-9-11(6-7-16-5)10(2)14-12(13-9)8-15(3)4;1-2/h6-8H2,1-5H3;1-2H3. The first kappa shape index (κ1) is 17.0. The van der Waals surface area contributed by atoms with Crippen molar-refractivity contribution in [2.75, 3.05) is 27.8 Å². The van der Waals surface area contributed by atoms with Gasteiger partial charge in [-0.2, -0.15) is 0 Å². The zero-order valence-corrected chi connectivity index (χ0v) is 12.9. The molecular weight excluding hydrogens is 226 g/mol. The Kier molecular flexibility index (Phi) is 8.50. The van der Waals surface area contributed by atoms with Crippen molar-refractivity contribution in [3.05, 3.63) is 22.8 Å². The van der Waals surface area contributed by atoms with E-state index in [1.165, 1.54) is 5.56 Å². The summed E-state index contributed by atoms with van der Waals surface area (Å²) in [6, 6.07) is 0. The molecule has 0 radical (unpaired) electrons. The fourth-order valence-electron chi connectivity index (χ4n) is 1.73. The van der Waals surface area contributed by atoms with Crippen LogP contribution in [0.2, 0.25) is 0 Å². The topological polar surface area (TPSA) is 38.2 Å². The van der Waals surface area contributed by atoms with Crippen LogP contribution in [0.1, 0.15) is 36.6 Å². The van der Waals surface area contributed by atoms with Gasteiger partial charge in [-0.3, -0.25) is 0 Å². The Morgan fingerprint density at radius 2 is 1.56 bits per heavy atom. The first-order chi connectivity index (χ1) is 8.54. The first-order valence-electron chi connectivity index (χ1n) is 6.51. The lowest BCUT2D eigenvalue weighted by molar-refractivity contribution is 0.202. The lowest BCUT2D eigenvalue weighted by atomic mass is 10.1. The van der Waals surface area contributed by atoms with E-state index in [1.54, 1.807) is 7.11 Å². The average Bonchev–Trinajstić information content (AvgIpc) is 2.30. The third-order valence-corrected chi connectivity index (χ3v) is 2.48. The number of aromatic nitrogens is 2. The lowest BCUT2D eigenvalue weighted by Gasteiger charge is -2.13. The molecule has 1 aromatic rings. The summed E-state index contributed by atoms with van der Waals surface area (Å²) in [6.45, 7) is 9.59. The molecule has 0 amide bonds. The van der Waals surface area contributed by atoms with E-state index in [4.69, 9.17) is 4.74 Å². The van der Waals surface area contributed by atoms with Crippen molar-refractivity contribution in [1.29, 1.82) is 0 Å². The molecule has 0 N–H and O–H groups in total. The quantitative estimate of drug-likeness (QED) is 0.807. The molecule has 0 aromatic carbocycles. The molecule has 0 atom stereocenters. The normalized spacial score (nSPS) is 10.2. The first-order valence-corrected chi connectivity index (χ1v) is 6.51. The second-order valence-electron chi connectivity index (χ2n) is 4.27. The van der Waals surface area contributed by atoms with Crippen molar-refractivity contribution in [1.82, 2.24) is 14.9 Å². The van der Waals surface area contributed by atoms with Gasteiger partial charge < -0.3 is 9.64 Å². The molecule has 1 heterocycles.